The number of pyridine rings is 1. The second kappa shape index (κ2) is 5.89. The Kier molecular flexibility index (Phi) is 4.22. The van der Waals surface area contributed by atoms with E-state index in [9.17, 15) is 0 Å². The first-order chi connectivity index (χ1) is 9.11. The van der Waals surface area contributed by atoms with Gasteiger partial charge >= 0.3 is 0 Å². The number of nitrogens with zero attached hydrogens (tertiary/aromatic N) is 3. The van der Waals surface area contributed by atoms with Crippen LogP contribution in [0.4, 0.5) is 0 Å². The van der Waals surface area contributed by atoms with Gasteiger partial charge in [-0.2, -0.15) is 0 Å². The number of hydrogen-bond donors (Lipinski definition) is 1. The van der Waals surface area contributed by atoms with E-state index in [0.29, 0.717) is 12.5 Å². The van der Waals surface area contributed by atoms with Crippen LogP contribution >= 0.6 is 0 Å². The van der Waals surface area contributed by atoms with E-state index in [0.717, 1.165) is 29.2 Å². The lowest BCUT2D eigenvalue weighted by Crippen LogP contribution is -2.15. The molecule has 0 spiro atoms. The molecule has 0 saturated heterocycles. The highest BCUT2D eigenvalue weighted by Gasteiger charge is 2.12. The minimum absolute atomic E-state index is 0.449. The maximum absolute atomic E-state index is 5.69. The smallest absolute Gasteiger partial charge is 0.161 e. The molecule has 0 aromatic carbocycles. The fourth-order valence-electron chi connectivity index (χ4n) is 2.09. The third-order valence-electron chi connectivity index (χ3n) is 3.30. The summed E-state index contributed by atoms with van der Waals surface area (Å²) in [6.07, 6.45) is 4.47. The fourth-order valence-corrected chi connectivity index (χ4v) is 2.09. The molecule has 0 radical (unpaired) electrons. The van der Waals surface area contributed by atoms with Gasteiger partial charge in [0.15, 0.2) is 5.82 Å². The van der Waals surface area contributed by atoms with Gasteiger partial charge in [-0.1, -0.05) is 6.92 Å². The number of aromatic nitrogens is 3. The Balaban J connectivity index is 2.37. The van der Waals surface area contributed by atoms with Crippen LogP contribution in [-0.2, 0) is 6.42 Å². The van der Waals surface area contributed by atoms with Crippen LogP contribution in [0, 0.1) is 19.8 Å². The van der Waals surface area contributed by atoms with Crippen LogP contribution in [0.3, 0.4) is 0 Å². The molecule has 4 nitrogen and oxygen atoms in total. The molecule has 2 N–H and O–H groups in total. The van der Waals surface area contributed by atoms with Gasteiger partial charge in [0, 0.05) is 29.3 Å². The van der Waals surface area contributed by atoms with Crippen LogP contribution in [0.5, 0.6) is 0 Å². The summed E-state index contributed by atoms with van der Waals surface area (Å²) in [5, 5.41) is 0. The highest BCUT2D eigenvalue weighted by molar-refractivity contribution is 5.54. The average molecular weight is 256 g/mol. The van der Waals surface area contributed by atoms with E-state index in [1.54, 1.807) is 12.4 Å². The summed E-state index contributed by atoms with van der Waals surface area (Å²) in [7, 11) is 0. The van der Waals surface area contributed by atoms with E-state index in [1.807, 2.05) is 26.0 Å². The van der Waals surface area contributed by atoms with Crippen molar-refractivity contribution >= 4 is 0 Å². The van der Waals surface area contributed by atoms with Crippen molar-refractivity contribution in [2.75, 3.05) is 6.54 Å². The molecule has 2 aromatic rings. The summed E-state index contributed by atoms with van der Waals surface area (Å²) < 4.78 is 0. The summed E-state index contributed by atoms with van der Waals surface area (Å²) in [5.41, 5.74) is 9.92. The van der Waals surface area contributed by atoms with Gasteiger partial charge in [0.1, 0.15) is 0 Å². The summed E-state index contributed by atoms with van der Waals surface area (Å²) in [4.78, 5) is 13.3. The molecular formula is C15H20N4. The number of aryl methyl sites for hydroxylation is 2. The maximum Gasteiger partial charge on any atom is 0.161 e. The quantitative estimate of drug-likeness (QED) is 0.911. The molecule has 0 saturated carbocycles. The Morgan fingerprint density at radius 3 is 2.42 bits per heavy atom. The lowest BCUT2D eigenvalue weighted by molar-refractivity contribution is 0.586. The van der Waals surface area contributed by atoms with Gasteiger partial charge in [0.05, 0.1) is 0 Å². The summed E-state index contributed by atoms with van der Waals surface area (Å²) in [6, 6.07) is 3.87. The zero-order valence-corrected chi connectivity index (χ0v) is 11.7. The van der Waals surface area contributed by atoms with E-state index in [4.69, 9.17) is 5.73 Å². The van der Waals surface area contributed by atoms with Crippen molar-refractivity contribution in [3.63, 3.8) is 0 Å². The van der Waals surface area contributed by atoms with E-state index in [2.05, 4.69) is 21.9 Å². The topological polar surface area (TPSA) is 64.7 Å². The molecular weight excluding hydrogens is 236 g/mol. The summed E-state index contributed by atoms with van der Waals surface area (Å²) >= 11 is 0. The van der Waals surface area contributed by atoms with Gasteiger partial charge in [0.25, 0.3) is 0 Å². The SMILES string of the molecule is Cc1nc(-c2cccnc2)nc(C)c1CC(C)CN. The van der Waals surface area contributed by atoms with Gasteiger partial charge in [-0.25, -0.2) is 9.97 Å². The summed E-state index contributed by atoms with van der Waals surface area (Å²) in [6.45, 7) is 6.90. The highest BCUT2D eigenvalue weighted by Crippen LogP contribution is 2.20. The van der Waals surface area contributed by atoms with Crippen LogP contribution in [0.1, 0.15) is 23.9 Å². The van der Waals surface area contributed by atoms with Gasteiger partial charge in [0.2, 0.25) is 0 Å². The largest absolute Gasteiger partial charge is 0.330 e. The zero-order chi connectivity index (χ0) is 13.8. The number of nitrogens with two attached hydrogens (primary N) is 1. The number of hydrogen-bond acceptors (Lipinski definition) is 4. The second-order valence-electron chi connectivity index (χ2n) is 4.98. The molecule has 0 amide bonds. The Morgan fingerprint density at radius 1 is 1.21 bits per heavy atom. The summed E-state index contributed by atoms with van der Waals surface area (Å²) in [5.74, 6) is 1.19. The van der Waals surface area contributed by atoms with E-state index >= 15 is 0 Å². The van der Waals surface area contributed by atoms with Crippen LogP contribution in [0.25, 0.3) is 11.4 Å². The Morgan fingerprint density at radius 2 is 1.89 bits per heavy atom. The van der Waals surface area contributed by atoms with E-state index in [1.165, 1.54) is 5.56 Å². The van der Waals surface area contributed by atoms with Crippen LogP contribution in [-0.4, -0.2) is 21.5 Å². The van der Waals surface area contributed by atoms with Gasteiger partial charge in [-0.05, 0) is 50.4 Å². The average Bonchev–Trinajstić information content (AvgIpc) is 2.43. The first-order valence-electron chi connectivity index (χ1n) is 6.56. The van der Waals surface area contributed by atoms with Crippen LogP contribution in [0.15, 0.2) is 24.5 Å². The lowest BCUT2D eigenvalue weighted by Gasteiger charge is -2.14. The molecule has 0 bridgehead atoms. The molecule has 19 heavy (non-hydrogen) atoms. The normalized spacial score (nSPS) is 12.4. The molecule has 0 aliphatic heterocycles. The molecule has 2 heterocycles. The van der Waals surface area contributed by atoms with Crippen molar-refractivity contribution in [1.82, 2.24) is 15.0 Å². The first-order valence-corrected chi connectivity index (χ1v) is 6.56. The maximum atomic E-state index is 5.69. The fraction of sp³-hybridized carbons (Fsp3) is 0.400. The Labute approximate surface area is 114 Å². The molecule has 0 fully saturated rings. The van der Waals surface area contributed by atoms with Gasteiger partial charge < -0.3 is 5.73 Å². The third-order valence-corrected chi connectivity index (χ3v) is 3.30. The minimum atomic E-state index is 0.449. The standard InChI is InChI=1S/C15H20N4/c1-10(8-16)7-14-11(2)18-15(19-12(14)3)13-5-4-6-17-9-13/h4-6,9-10H,7-8,16H2,1-3H3. The highest BCUT2D eigenvalue weighted by atomic mass is 14.9. The Bertz CT molecular complexity index is 528. The van der Waals surface area contributed by atoms with E-state index < -0.39 is 0 Å². The van der Waals surface area contributed by atoms with Crippen molar-refractivity contribution in [2.45, 2.75) is 27.2 Å². The monoisotopic (exact) mass is 256 g/mol. The predicted molar refractivity (Wildman–Crippen MR) is 76.7 cm³/mol. The molecule has 2 aromatic heterocycles. The predicted octanol–water partition coefficient (Wildman–Crippen LogP) is 2.29. The first kappa shape index (κ1) is 13.6. The molecule has 1 unspecified atom stereocenters. The van der Waals surface area contributed by atoms with Crippen molar-refractivity contribution < 1.29 is 0 Å². The molecule has 100 valence electrons. The van der Waals surface area contributed by atoms with Crippen molar-refractivity contribution in [3.05, 3.63) is 41.5 Å². The lowest BCUT2D eigenvalue weighted by atomic mass is 9.99. The third kappa shape index (κ3) is 3.15. The van der Waals surface area contributed by atoms with Crippen LogP contribution in [0.2, 0.25) is 0 Å². The van der Waals surface area contributed by atoms with Crippen molar-refractivity contribution in [1.29, 1.82) is 0 Å². The van der Waals surface area contributed by atoms with Gasteiger partial charge in [-0.3, -0.25) is 4.98 Å². The minimum Gasteiger partial charge on any atom is -0.330 e. The van der Waals surface area contributed by atoms with Crippen LogP contribution < -0.4 is 5.73 Å². The Hall–Kier alpha value is -1.81. The second-order valence-corrected chi connectivity index (χ2v) is 4.98. The molecule has 1 atom stereocenters. The molecule has 4 heteroatoms. The van der Waals surface area contributed by atoms with E-state index in [-0.39, 0.29) is 0 Å². The van der Waals surface area contributed by atoms with Crippen molar-refractivity contribution in [2.24, 2.45) is 11.7 Å². The number of rotatable bonds is 4. The zero-order valence-electron chi connectivity index (χ0n) is 11.7. The molecule has 0 aliphatic carbocycles. The van der Waals surface area contributed by atoms with Gasteiger partial charge in [-0.15, -0.1) is 0 Å². The molecule has 0 aliphatic rings. The molecule has 2 rings (SSSR count). The van der Waals surface area contributed by atoms with Crippen molar-refractivity contribution in [3.8, 4) is 11.4 Å².